The highest BCUT2D eigenvalue weighted by molar-refractivity contribution is 5.74. The number of nitrogens with zero attached hydrogens (tertiary/aromatic N) is 1. The quantitative estimate of drug-likeness (QED) is 0.923. The van der Waals surface area contributed by atoms with Crippen LogP contribution < -0.4 is 10.1 Å². The van der Waals surface area contributed by atoms with Crippen LogP contribution in [0, 0.1) is 0 Å². The molecule has 0 aliphatic carbocycles. The number of hydrogen-bond donors (Lipinski definition) is 1. The van der Waals surface area contributed by atoms with Gasteiger partial charge in [0, 0.05) is 25.9 Å². The predicted molar refractivity (Wildman–Crippen MR) is 80.3 cm³/mol. The molecule has 22 heavy (non-hydrogen) atoms. The lowest BCUT2D eigenvalue weighted by Gasteiger charge is -2.32. The Hall–Kier alpha value is -1.85. The zero-order valence-corrected chi connectivity index (χ0v) is 12.9. The number of benzene rings is 1. The number of carbonyl (C=O) groups excluding carboxylic acids is 1. The molecule has 1 aromatic carbocycles. The average molecular weight is 312 g/mol. The van der Waals surface area contributed by atoms with Gasteiger partial charge in [0.1, 0.15) is 5.75 Å². The summed E-state index contributed by atoms with van der Waals surface area (Å²) < 4.78 is 31.6. The van der Waals surface area contributed by atoms with Crippen molar-refractivity contribution in [1.82, 2.24) is 10.2 Å². The maximum Gasteiger partial charge on any atom is 0.317 e. The fourth-order valence-electron chi connectivity index (χ4n) is 2.42. The number of ether oxygens (including phenoxy) is 1. The highest BCUT2D eigenvalue weighted by Crippen LogP contribution is 2.27. The van der Waals surface area contributed by atoms with E-state index in [0.717, 1.165) is 11.3 Å². The van der Waals surface area contributed by atoms with E-state index < -0.39 is 5.92 Å². The van der Waals surface area contributed by atoms with Crippen LogP contribution in [0.1, 0.15) is 38.3 Å². The number of nitrogens with one attached hydrogen (secondary N) is 1. The Bertz CT molecular complexity index is 495. The molecule has 0 saturated carbocycles. The molecule has 0 aromatic heterocycles. The highest BCUT2D eigenvalue weighted by atomic mass is 19.3. The molecule has 1 atom stereocenters. The number of alkyl halides is 2. The van der Waals surface area contributed by atoms with Crippen molar-refractivity contribution in [2.45, 2.75) is 38.7 Å². The summed E-state index contributed by atoms with van der Waals surface area (Å²) in [6.45, 7) is 4.57. The summed E-state index contributed by atoms with van der Waals surface area (Å²) in [4.78, 5) is 13.6. The third-order valence-corrected chi connectivity index (χ3v) is 3.81. The number of piperidine rings is 1. The fraction of sp³-hybridized carbons (Fsp3) is 0.562. The first-order valence-corrected chi connectivity index (χ1v) is 7.57. The molecule has 1 aliphatic heterocycles. The molecule has 1 aromatic rings. The Morgan fingerprint density at radius 3 is 2.45 bits per heavy atom. The summed E-state index contributed by atoms with van der Waals surface area (Å²) in [6.07, 6.45) is -0.532. The first kappa shape index (κ1) is 16.5. The number of halogens is 2. The van der Waals surface area contributed by atoms with E-state index in [4.69, 9.17) is 4.74 Å². The van der Waals surface area contributed by atoms with Crippen LogP contribution in [0.4, 0.5) is 13.6 Å². The summed E-state index contributed by atoms with van der Waals surface area (Å²) >= 11 is 0. The lowest BCUT2D eigenvalue weighted by Crippen LogP contribution is -2.47. The van der Waals surface area contributed by atoms with Gasteiger partial charge >= 0.3 is 6.03 Å². The second kappa shape index (κ2) is 6.94. The van der Waals surface area contributed by atoms with Crippen LogP contribution in [0.25, 0.3) is 0 Å². The number of hydrogen-bond acceptors (Lipinski definition) is 2. The molecule has 6 heteroatoms. The summed E-state index contributed by atoms with van der Waals surface area (Å²) in [5, 5.41) is 2.85. The maximum absolute atomic E-state index is 13.1. The van der Waals surface area contributed by atoms with Crippen molar-refractivity contribution >= 4 is 6.03 Å². The molecule has 0 spiro atoms. The summed E-state index contributed by atoms with van der Waals surface area (Å²) in [6, 6.07) is 6.99. The molecule has 1 N–H and O–H groups in total. The molecule has 0 bridgehead atoms. The molecule has 2 amide bonds. The molecule has 2 rings (SSSR count). The smallest absolute Gasteiger partial charge is 0.317 e. The molecule has 1 heterocycles. The first-order valence-electron chi connectivity index (χ1n) is 7.57. The Morgan fingerprint density at radius 1 is 1.32 bits per heavy atom. The molecule has 122 valence electrons. The van der Waals surface area contributed by atoms with Crippen molar-refractivity contribution in [3.63, 3.8) is 0 Å². The van der Waals surface area contributed by atoms with Gasteiger partial charge in [-0.05, 0) is 31.5 Å². The van der Waals surface area contributed by atoms with E-state index in [0.29, 0.717) is 6.61 Å². The zero-order chi connectivity index (χ0) is 16.2. The van der Waals surface area contributed by atoms with E-state index in [2.05, 4.69) is 5.32 Å². The average Bonchev–Trinajstić information content (AvgIpc) is 2.48. The molecular formula is C16H22F2N2O2. The predicted octanol–water partition coefficient (Wildman–Crippen LogP) is 3.59. The number of rotatable bonds is 4. The normalized spacial score (nSPS) is 18.6. The molecular weight excluding hydrogens is 290 g/mol. The maximum atomic E-state index is 13.1. The van der Waals surface area contributed by atoms with Gasteiger partial charge < -0.3 is 15.0 Å². The highest BCUT2D eigenvalue weighted by Gasteiger charge is 2.35. The van der Waals surface area contributed by atoms with Crippen molar-refractivity contribution < 1.29 is 18.3 Å². The third-order valence-electron chi connectivity index (χ3n) is 3.81. The van der Waals surface area contributed by atoms with Crippen LogP contribution in [0.15, 0.2) is 24.3 Å². The van der Waals surface area contributed by atoms with Gasteiger partial charge in [-0.25, -0.2) is 13.6 Å². The minimum Gasteiger partial charge on any atom is -0.494 e. The van der Waals surface area contributed by atoms with E-state index in [9.17, 15) is 13.6 Å². The van der Waals surface area contributed by atoms with Gasteiger partial charge in [-0.15, -0.1) is 0 Å². The van der Waals surface area contributed by atoms with Crippen LogP contribution in [0.3, 0.4) is 0 Å². The van der Waals surface area contributed by atoms with Gasteiger partial charge in [-0.2, -0.15) is 0 Å². The van der Waals surface area contributed by atoms with Gasteiger partial charge in [-0.3, -0.25) is 0 Å². The Balaban J connectivity index is 1.88. The second-order valence-corrected chi connectivity index (χ2v) is 5.52. The van der Waals surface area contributed by atoms with Gasteiger partial charge in [0.2, 0.25) is 0 Å². The number of urea groups is 1. The summed E-state index contributed by atoms with van der Waals surface area (Å²) in [7, 11) is 0. The first-order chi connectivity index (χ1) is 10.4. The minimum atomic E-state index is -2.64. The van der Waals surface area contributed by atoms with E-state index in [-0.39, 0.29) is 38.0 Å². The molecule has 1 saturated heterocycles. The summed E-state index contributed by atoms with van der Waals surface area (Å²) in [5.74, 6) is -1.86. The monoisotopic (exact) mass is 312 g/mol. The summed E-state index contributed by atoms with van der Waals surface area (Å²) in [5.41, 5.74) is 0.944. The lowest BCUT2D eigenvalue weighted by atomic mass is 10.1. The molecule has 0 unspecified atom stereocenters. The van der Waals surface area contributed by atoms with Crippen LogP contribution in [-0.4, -0.2) is 36.5 Å². The second-order valence-electron chi connectivity index (χ2n) is 5.52. The number of likely N-dealkylation sites (tertiary alicyclic amines) is 1. The molecule has 1 fully saturated rings. The van der Waals surface area contributed by atoms with Gasteiger partial charge in [0.05, 0.1) is 12.6 Å². The SMILES string of the molecule is CCOc1ccc([C@H](C)NC(=O)N2CCC(F)(F)CC2)cc1. The van der Waals surface area contributed by atoms with Crippen molar-refractivity contribution in [3.8, 4) is 5.75 Å². The standard InChI is InChI=1S/C16H22F2N2O2/c1-3-22-14-6-4-13(5-7-14)12(2)19-15(21)20-10-8-16(17,18)9-11-20/h4-7,12H,3,8-11H2,1-2H3,(H,19,21)/t12-/m0/s1. The van der Waals surface area contributed by atoms with Crippen LogP contribution in [0.2, 0.25) is 0 Å². The number of amides is 2. The van der Waals surface area contributed by atoms with E-state index in [1.165, 1.54) is 4.90 Å². The van der Waals surface area contributed by atoms with E-state index in [1.54, 1.807) is 0 Å². The molecule has 0 radical (unpaired) electrons. The van der Waals surface area contributed by atoms with Gasteiger partial charge in [0.15, 0.2) is 0 Å². The molecule has 1 aliphatic rings. The zero-order valence-electron chi connectivity index (χ0n) is 12.9. The van der Waals surface area contributed by atoms with Crippen LogP contribution >= 0.6 is 0 Å². The van der Waals surface area contributed by atoms with Crippen molar-refractivity contribution in [2.24, 2.45) is 0 Å². The largest absolute Gasteiger partial charge is 0.494 e. The molecule has 4 nitrogen and oxygen atoms in total. The Labute approximate surface area is 129 Å². The number of carbonyl (C=O) groups is 1. The Morgan fingerprint density at radius 2 is 1.91 bits per heavy atom. The van der Waals surface area contributed by atoms with Crippen molar-refractivity contribution in [3.05, 3.63) is 29.8 Å². The van der Waals surface area contributed by atoms with Crippen LogP contribution in [-0.2, 0) is 0 Å². The third kappa shape index (κ3) is 4.32. The van der Waals surface area contributed by atoms with E-state index >= 15 is 0 Å². The topological polar surface area (TPSA) is 41.6 Å². The van der Waals surface area contributed by atoms with Crippen molar-refractivity contribution in [2.75, 3.05) is 19.7 Å². The van der Waals surface area contributed by atoms with Gasteiger partial charge in [0.25, 0.3) is 5.92 Å². The van der Waals surface area contributed by atoms with E-state index in [1.807, 2.05) is 38.1 Å². The van der Waals surface area contributed by atoms with Crippen LogP contribution in [0.5, 0.6) is 5.75 Å². The Kier molecular flexibility index (Phi) is 5.21. The van der Waals surface area contributed by atoms with Gasteiger partial charge in [-0.1, -0.05) is 12.1 Å². The van der Waals surface area contributed by atoms with Crippen molar-refractivity contribution in [1.29, 1.82) is 0 Å². The minimum absolute atomic E-state index is 0.0921. The fourth-order valence-corrected chi connectivity index (χ4v) is 2.42. The lowest BCUT2D eigenvalue weighted by molar-refractivity contribution is -0.0470.